The maximum Gasteiger partial charge on any atom is 0.202 e. The molecule has 0 spiro atoms. The normalized spacial score (nSPS) is 31.7. The molecule has 0 saturated carbocycles. The zero-order valence-corrected chi connectivity index (χ0v) is 11.2. The van der Waals surface area contributed by atoms with E-state index in [9.17, 15) is 0 Å². The fourth-order valence-electron chi connectivity index (χ4n) is 2.92. The van der Waals surface area contributed by atoms with Gasteiger partial charge in [0.1, 0.15) is 5.82 Å². The van der Waals surface area contributed by atoms with Crippen molar-refractivity contribution >= 4 is 16.7 Å². The molecular formula is C12H20N4S. The quantitative estimate of drug-likeness (QED) is 0.890. The molecule has 3 saturated heterocycles. The smallest absolute Gasteiger partial charge is 0.202 e. The fraction of sp³-hybridized carbons (Fsp3) is 0.833. The average Bonchev–Trinajstić information content (AvgIpc) is 2.79. The highest BCUT2D eigenvalue weighted by atomic mass is 32.1. The van der Waals surface area contributed by atoms with Gasteiger partial charge in [0.15, 0.2) is 0 Å². The van der Waals surface area contributed by atoms with E-state index in [0.717, 1.165) is 29.7 Å². The molecule has 3 aliphatic rings. The molecule has 1 atom stereocenters. The molecule has 1 N–H and O–H groups in total. The third-order valence-corrected chi connectivity index (χ3v) is 4.59. The first kappa shape index (κ1) is 11.4. The topological polar surface area (TPSA) is 41.1 Å². The van der Waals surface area contributed by atoms with Crippen molar-refractivity contribution in [2.75, 3.05) is 25.0 Å². The minimum atomic E-state index is 0.597. The predicted octanol–water partition coefficient (Wildman–Crippen LogP) is 2.00. The molecule has 0 radical (unpaired) electrons. The van der Waals surface area contributed by atoms with Crippen LogP contribution >= 0.6 is 11.5 Å². The molecule has 0 aliphatic carbocycles. The van der Waals surface area contributed by atoms with E-state index >= 15 is 0 Å². The summed E-state index contributed by atoms with van der Waals surface area (Å²) >= 11 is 1.52. The maximum atomic E-state index is 4.56. The van der Waals surface area contributed by atoms with Crippen LogP contribution in [0.1, 0.15) is 32.0 Å². The average molecular weight is 252 g/mol. The van der Waals surface area contributed by atoms with Crippen LogP contribution in [-0.4, -0.2) is 39.9 Å². The monoisotopic (exact) mass is 252 g/mol. The fourth-order valence-corrected chi connectivity index (χ4v) is 3.60. The first-order valence-corrected chi connectivity index (χ1v) is 7.44. The lowest BCUT2D eigenvalue weighted by atomic mass is 9.84. The molecule has 0 aromatic carbocycles. The van der Waals surface area contributed by atoms with Crippen molar-refractivity contribution in [1.29, 1.82) is 0 Å². The van der Waals surface area contributed by atoms with Crippen molar-refractivity contribution in [2.24, 2.45) is 5.92 Å². The van der Waals surface area contributed by atoms with Gasteiger partial charge in [0, 0.05) is 30.5 Å². The van der Waals surface area contributed by atoms with Gasteiger partial charge in [-0.25, -0.2) is 4.98 Å². The van der Waals surface area contributed by atoms with E-state index in [1.165, 1.54) is 44.0 Å². The number of rotatable bonds is 4. The van der Waals surface area contributed by atoms with E-state index in [-0.39, 0.29) is 0 Å². The SMILES string of the molecule is CCCc1nsc(NC2CN3CCC2CC3)n1. The number of aryl methyl sites for hydroxylation is 1. The Bertz CT molecular complexity index is 370. The first-order valence-electron chi connectivity index (χ1n) is 6.66. The summed E-state index contributed by atoms with van der Waals surface area (Å²) in [6.07, 6.45) is 4.81. The van der Waals surface area contributed by atoms with E-state index in [1.54, 1.807) is 0 Å². The summed E-state index contributed by atoms with van der Waals surface area (Å²) in [5, 5.41) is 4.61. The molecule has 94 valence electrons. The van der Waals surface area contributed by atoms with Crippen LogP contribution < -0.4 is 5.32 Å². The van der Waals surface area contributed by atoms with Crippen molar-refractivity contribution in [1.82, 2.24) is 14.3 Å². The molecule has 5 heteroatoms. The zero-order chi connectivity index (χ0) is 11.7. The Morgan fingerprint density at radius 2 is 2.24 bits per heavy atom. The molecule has 1 aromatic heterocycles. The highest BCUT2D eigenvalue weighted by molar-refractivity contribution is 7.09. The van der Waals surface area contributed by atoms with Crippen LogP contribution in [-0.2, 0) is 6.42 Å². The molecule has 4 heterocycles. The Hall–Kier alpha value is -0.680. The molecule has 4 nitrogen and oxygen atoms in total. The number of nitrogens with one attached hydrogen (secondary N) is 1. The second-order valence-corrected chi connectivity index (χ2v) is 5.91. The second kappa shape index (κ2) is 4.90. The van der Waals surface area contributed by atoms with Gasteiger partial charge >= 0.3 is 0 Å². The number of anilines is 1. The standard InChI is InChI=1S/C12H20N4S/c1-2-3-11-14-12(17-15-11)13-10-8-16-6-4-9(10)5-7-16/h9-10H,2-8H2,1H3,(H,13,14,15). The van der Waals surface area contributed by atoms with Crippen LogP contribution in [0.5, 0.6) is 0 Å². The van der Waals surface area contributed by atoms with Crippen molar-refractivity contribution in [3.8, 4) is 0 Å². The Labute approximate surface area is 107 Å². The summed E-state index contributed by atoms with van der Waals surface area (Å²) in [5.74, 6) is 1.85. The van der Waals surface area contributed by atoms with Crippen LogP contribution in [0.4, 0.5) is 5.13 Å². The van der Waals surface area contributed by atoms with Crippen LogP contribution in [0, 0.1) is 5.92 Å². The van der Waals surface area contributed by atoms with Gasteiger partial charge in [0.05, 0.1) is 0 Å². The molecule has 3 fully saturated rings. The van der Waals surface area contributed by atoms with E-state index in [0.29, 0.717) is 6.04 Å². The molecule has 17 heavy (non-hydrogen) atoms. The predicted molar refractivity (Wildman–Crippen MR) is 70.5 cm³/mol. The number of nitrogens with zero attached hydrogens (tertiary/aromatic N) is 3. The minimum absolute atomic E-state index is 0.597. The third kappa shape index (κ3) is 2.45. The molecular weight excluding hydrogens is 232 g/mol. The van der Waals surface area contributed by atoms with Gasteiger partial charge in [-0.15, -0.1) is 0 Å². The molecule has 4 rings (SSSR count). The van der Waals surface area contributed by atoms with Crippen molar-refractivity contribution in [2.45, 2.75) is 38.6 Å². The molecule has 2 bridgehead atoms. The van der Waals surface area contributed by atoms with Gasteiger partial charge in [-0.2, -0.15) is 4.37 Å². The van der Waals surface area contributed by atoms with Crippen molar-refractivity contribution in [3.63, 3.8) is 0 Å². The molecule has 1 unspecified atom stereocenters. The minimum Gasteiger partial charge on any atom is -0.356 e. The van der Waals surface area contributed by atoms with E-state index < -0.39 is 0 Å². The van der Waals surface area contributed by atoms with Gasteiger partial charge in [0.2, 0.25) is 5.13 Å². The summed E-state index contributed by atoms with van der Waals surface area (Å²) in [5.41, 5.74) is 0. The lowest BCUT2D eigenvalue weighted by Gasteiger charge is -2.44. The summed E-state index contributed by atoms with van der Waals surface area (Å²) in [4.78, 5) is 7.12. The van der Waals surface area contributed by atoms with Gasteiger partial charge in [-0.05, 0) is 38.3 Å². The van der Waals surface area contributed by atoms with Crippen LogP contribution in [0.3, 0.4) is 0 Å². The van der Waals surface area contributed by atoms with Crippen molar-refractivity contribution in [3.05, 3.63) is 5.82 Å². The Balaban J connectivity index is 1.62. The van der Waals surface area contributed by atoms with Crippen molar-refractivity contribution < 1.29 is 0 Å². The summed E-state index contributed by atoms with van der Waals surface area (Å²) in [7, 11) is 0. The van der Waals surface area contributed by atoms with Gasteiger partial charge < -0.3 is 10.2 Å². The molecule has 0 amide bonds. The summed E-state index contributed by atoms with van der Waals surface area (Å²) in [6, 6.07) is 0.597. The Morgan fingerprint density at radius 1 is 1.41 bits per heavy atom. The number of piperidine rings is 3. The number of aromatic nitrogens is 2. The van der Waals surface area contributed by atoms with Gasteiger partial charge in [-0.1, -0.05) is 6.92 Å². The third-order valence-electron chi connectivity index (χ3n) is 3.91. The Morgan fingerprint density at radius 3 is 2.88 bits per heavy atom. The van der Waals surface area contributed by atoms with E-state index in [1.807, 2.05) is 0 Å². The lowest BCUT2D eigenvalue weighted by Crippen LogP contribution is -2.53. The van der Waals surface area contributed by atoms with E-state index in [4.69, 9.17) is 0 Å². The molecule has 3 aliphatic heterocycles. The summed E-state index contributed by atoms with van der Waals surface area (Å²) < 4.78 is 4.39. The largest absolute Gasteiger partial charge is 0.356 e. The first-order chi connectivity index (χ1) is 8.35. The number of hydrogen-bond donors (Lipinski definition) is 1. The highest BCUT2D eigenvalue weighted by Gasteiger charge is 2.34. The second-order valence-electron chi connectivity index (χ2n) is 5.15. The van der Waals surface area contributed by atoms with Gasteiger partial charge in [-0.3, -0.25) is 0 Å². The number of hydrogen-bond acceptors (Lipinski definition) is 5. The zero-order valence-electron chi connectivity index (χ0n) is 10.4. The van der Waals surface area contributed by atoms with E-state index in [2.05, 4.69) is 26.5 Å². The lowest BCUT2D eigenvalue weighted by molar-refractivity contribution is 0.0975. The molecule has 1 aromatic rings. The van der Waals surface area contributed by atoms with Crippen LogP contribution in [0.15, 0.2) is 0 Å². The Kier molecular flexibility index (Phi) is 3.29. The highest BCUT2D eigenvalue weighted by Crippen LogP contribution is 2.30. The van der Waals surface area contributed by atoms with Crippen LogP contribution in [0.2, 0.25) is 0 Å². The van der Waals surface area contributed by atoms with Gasteiger partial charge in [0.25, 0.3) is 0 Å². The summed E-state index contributed by atoms with van der Waals surface area (Å²) in [6.45, 7) is 5.94. The number of fused-ring (bicyclic) bond motifs is 3. The van der Waals surface area contributed by atoms with Crippen LogP contribution in [0.25, 0.3) is 0 Å². The maximum absolute atomic E-state index is 4.56.